The number of aryl methyl sites for hydroxylation is 1. The molecule has 156 valence electrons. The molecular weight excluding hydrogens is 364 g/mol. The Kier molecular flexibility index (Phi) is 5.99. The average molecular weight is 397 g/mol. The molecule has 6 heteroatoms. The van der Waals surface area contributed by atoms with E-state index in [1.165, 1.54) is 36.9 Å². The van der Waals surface area contributed by atoms with Crippen molar-refractivity contribution in [3.8, 4) is 0 Å². The second-order valence-corrected chi connectivity index (χ2v) is 8.90. The van der Waals surface area contributed by atoms with Crippen molar-refractivity contribution in [3.05, 3.63) is 40.4 Å². The normalized spacial score (nSPS) is 21.6. The van der Waals surface area contributed by atoms with Gasteiger partial charge in [-0.1, -0.05) is 19.1 Å². The summed E-state index contributed by atoms with van der Waals surface area (Å²) in [5.41, 5.74) is 0.560. The van der Waals surface area contributed by atoms with E-state index in [4.69, 9.17) is 0 Å². The lowest BCUT2D eigenvalue weighted by molar-refractivity contribution is -0.133. The Morgan fingerprint density at radius 3 is 2.69 bits per heavy atom. The Bertz CT molecular complexity index is 930. The van der Waals surface area contributed by atoms with Crippen LogP contribution in [0.2, 0.25) is 0 Å². The van der Waals surface area contributed by atoms with Gasteiger partial charge in [0.15, 0.2) is 0 Å². The van der Waals surface area contributed by atoms with Gasteiger partial charge in [0.05, 0.1) is 10.9 Å². The molecule has 1 aromatic carbocycles. The van der Waals surface area contributed by atoms with Gasteiger partial charge in [0, 0.05) is 19.6 Å². The maximum atomic E-state index is 13.0. The smallest absolute Gasteiger partial charge is 0.261 e. The van der Waals surface area contributed by atoms with E-state index in [2.05, 4.69) is 16.8 Å². The van der Waals surface area contributed by atoms with Crippen molar-refractivity contribution in [3.63, 3.8) is 0 Å². The molecule has 0 radical (unpaired) electrons. The van der Waals surface area contributed by atoms with Gasteiger partial charge in [0.1, 0.15) is 12.4 Å². The first-order chi connectivity index (χ1) is 14.0. The van der Waals surface area contributed by atoms with Gasteiger partial charge in [0.25, 0.3) is 5.56 Å². The number of fused-ring (bicyclic) bond motifs is 1. The zero-order chi connectivity index (χ0) is 20.4. The van der Waals surface area contributed by atoms with E-state index in [1.54, 1.807) is 13.0 Å². The standard InChI is InChI=1S/C23H32N4O2/c1-17-9-12-25(13-10-17)14-19-6-5-11-26(15-19)22(28)16-27-18(2)24-21-8-4-3-7-20(21)23(27)29/h3-4,7-8,17,19H,5-6,9-16H2,1-2H3. The van der Waals surface area contributed by atoms with E-state index >= 15 is 0 Å². The third-order valence-corrected chi connectivity index (χ3v) is 6.61. The van der Waals surface area contributed by atoms with Gasteiger partial charge in [-0.25, -0.2) is 4.98 Å². The number of carbonyl (C=O) groups excluding carboxylic acids is 1. The summed E-state index contributed by atoms with van der Waals surface area (Å²) in [7, 11) is 0. The summed E-state index contributed by atoms with van der Waals surface area (Å²) in [5.74, 6) is 2.00. The fraction of sp³-hybridized carbons (Fsp3) is 0.609. The maximum absolute atomic E-state index is 13.0. The number of hydrogen-bond acceptors (Lipinski definition) is 4. The second-order valence-electron chi connectivity index (χ2n) is 8.90. The highest BCUT2D eigenvalue weighted by Crippen LogP contribution is 2.22. The fourth-order valence-electron chi connectivity index (χ4n) is 4.75. The SMILES string of the molecule is Cc1nc2ccccc2c(=O)n1CC(=O)N1CCCC(CN2CCC(C)CC2)C1. The minimum absolute atomic E-state index is 0.0317. The van der Waals surface area contributed by atoms with Crippen LogP contribution in [0.4, 0.5) is 0 Å². The van der Waals surface area contributed by atoms with Gasteiger partial charge in [-0.05, 0) is 69.7 Å². The van der Waals surface area contributed by atoms with E-state index < -0.39 is 0 Å². The molecule has 0 bridgehead atoms. The zero-order valence-electron chi connectivity index (χ0n) is 17.6. The molecule has 1 unspecified atom stereocenters. The predicted molar refractivity (Wildman–Crippen MR) is 115 cm³/mol. The van der Waals surface area contributed by atoms with Crippen molar-refractivity contribution in [2.75, 3.05) is 32.7 Å². The lowest BCUT2D eigenvalue weighted by Crippen LogP contribution is -2.46. The third kappa shape index (κ3) is 4.53. The zero-order valence-corrected chi connectivity index (χ0v) is 17.6. The minimum atomic E-state index is -0.127. The summed E-state index contributed by atoms with van der Waals surface area (Å²) >= 11 is 0. The van der Waals surface area contributed by atoms with Gasteiger partial charge < -0.3 is 9.80 Å². The molecule has 4 rings (SSSR count). The van der Waals surface area contributed by atoms with Crippen molar-refractivity contribution < 1.29 is 4.79 Å². The van der Waals surface area contributed by atoms with Crippen LogP contribution < -0.4 is 5.56 Å². The molecule has 0 saturated carbocycles. The second kappa shape index (κ2) is 8.66. The predicted octanol–water partition coefficient (Wildman–Crippen LogP) is 2.68. The van der Waals surface area contributed by atoms with E-state index in [1.807, 2.05) is 23.1 Å². The molecule has 2 fully saturated rings. The fourth-order valence-corrected chi connectivity index (χ4v) is 4.75. The number of amides is 1. The number of rotatable bonds is 4. The molecule has 0 spiro atoms. The molecule has 0 N–H and O–H groups in total. The number of aromatic nitrogens is 2. The molecular formula is C23H32N4O2. The van der Waals surface area contributed by atoms with Crippen LogP contribution in [0, 0.1) is 18.8 Å². The maximum Gasteiger partial charge on any atom is 0.261 e. The topological polar surface area (TPSA) is 58.4 Å². The van der Waals surface area contributed by atoms with E-state index in [-0.39, 0.29) is 18.0 Å². The molecule has 2 aliphatic heterocycles. The third-order valence-electron chi connectivity index (χ3n) is 6.61. The number of nitrogens with zero attached hydrogens (tertiary/aromatic N) is 4. The molecule has 2 saturated heterocycles. The number of piperidine rings is 2. The van der Waals surface area contributed by atoms with Crippen molar-refractivity contribution in [1.29, 1.82) is 0 Å². The monoisotopic (exact) mass is 396 g/mol. The molecule has 3 heterocycles. The largest absolute Gasteiger partial charge is 0.341 e. The summed E-state index contributed by atoms with van der Waals surface area (Å²) in [6.45, 7) is 9.28. The number of hydrogen-bond donors (Lipinski definition) is 0. The average Bonchev–Trinajstić information content (AvgIpc) is 2.73. The van der Waals surface area contributed by atoms with Crippen molar-refractivity contribution in [2.24, 2.45) is 11.8 Å². The van der Waals surface area contributed by atoms with Gasteiger partial charge in [-0.3, -0.25) is 14.2 Å². The highest BCUT2D eigenvalue weighted by atomic mass is 16.2. The van der Waals surface area contributed by atoms with Crippen LogP contribution >= 0.6 is 0 Å². The molecule has 1 atom stereocenters. The Hall–Kier alpha value is -2.21. The van der Waals surface area contributed by atoms with Crippen molar-refractivity contribution >= 4 is 16.8 Å². The molecule has 2 aliphatic rings. The number of benzene rings is 1. The van der Waals surface area contributed by atoms with Crippen LogP contribution in [0.25, 0.3) is 10.9 Å². The summed E-state index contributed by atoms with van der Waals surface area (Å²) in [4.78, 5) is 34.9. The molecule has 29 heavy (non-hydrogen) atoms. The summed E-state index contributed by atoms with van der Waals surface area (Å²) in [6.07, 6.45) is 4.80. The molecule has 6 nitrogen and oxygen atoms in total. The van der Waals surface area contributed by atoms with Gasteiger partial charge >= 0.3 is 0 Å². The molecule has 0 aliphatic carbocycles. The minimum Gasteiger partial charge on any atom is -0.341 e. The van der Waals surface area contributed by atoms with Gasteiger partial charge in [0.2, 0.25) is 5.91 Å². The summed E-state index contributed by atoms with van der Waals surface area (Å²) < 4.78 is 1.53. The molecule has 1 amide bonds. The first-order valence-corrected chi connectivity index (χ1v) is 11.0. The van der Waals surface area contributed by atoms with Crippen LogP contribution in [-0.4, -0.2) is 58.0 Å². The number of para-hydroxylation sites is 1. The number of carbonyl (C=O) groups is 1. The van der Waals surface area contributed by atoms with Crippen LogP contribution in [0.3, 0.4) is 0 Å². The van der Waals surface area contributed by atoms with E-state index in [0.717, 1.165) is 32.0 Å². The van der Waals surface area contributed by atoms with E-state index in [9.17, 15) is 9.59 Å². The van der Waals surface area contributed by atoms with Crippen LogP contribution in [0.1, 0.15) is 38.4 Å². The van der Waals surface area contributed by atoms with Gasteiger partial charge in [-0.2, -0.15) is 0 Å². The summed E-state index contributed by atoms with van der Waals surface area (Å²) in [5, 5.41) is 0.571. The van der Waals surface area contributed by atoms with Crippen molar-refractivity contribution in [2.45, 2.75) is 46.1 Å². The lowest BCUT2D eigenvalue weighted by atomic mass is 9.94. The lowest BCUT2D eigenvalue weighted by Gasteiger charge is -2.38. The quantitative estimate of drug-likeness (QED) is 0.797. The molecule has 1 aromatic heterocycles. The van der Waals surface area contributed by atoms with Crippen LogP contribution in [0.5, 0.6) is 0 Å². The highest BCUT2D eigenvalue weighted by Gasteiger charge is 2.27. The first kappa shape index (κ1) is 20.1. The van der Waals surface area contributed by atoms with Crippen LogP contribution in [-0.2, 0) is 11.3 Å². The number of likely N-dealkylation sites (tertiary alicyclic amines) is 2. The molecule has 2 aromatic rings. The summed E-state index contributed by atoms with van der Waals surface area (Å²) in [6, 6.07) is 7.33. The van der Waals surface area contributed by atoms with Crippen molar-refractivity contribution in [1.82, 2.24) is 19.4 Å². The first-order valence-electron chi connectivity index (χ1n) is 11.0. The van der Waals surface area contributed by atoms with Crippen LogP contribution in [0.15, 0.2) is 29.1 Å². The Balaban J connectivity index is 1.42. The van der Waals surface area contributed by atoms with Gasteiger partial charge in [-0.15, -0.1) is 0 Å². The highest BCUT2D eigenvalue weighted by molar-refractivity contribution is 5.79. The Morgan fingerprint density at radius 1 is 1.14 bits per heavy atom. The van der Waals surface area contributed by atoms with E-state index in [0.29, 0.717) is 22.6 Å². The Morgan fingerprint density at radius 2 is 1.90 bits per heavy atom. The Labute approximate surface area is 172 Å².